The van der Waals surface area contributed by atoms with Crippen molar-refractivity contribution in [2.45, 2.75) is 45.2 Å². The van der Waals surface area contributed by atoms with E-state index in [1.54, 1.807) is 7.05 Å². The maximum atomic E-state index is 11.6. The van der Waals surface area contributed by atoms with Gasteiger partial charge in [0, 0.05) is 12.6 Å². The molecular formula is C12H26N2O2. The number of nitrogens with zero attached hydrogens (tertiary/aromatic N) is 1. The van der Waals surface area contributed by atoms with Crippen molar-refractivity contribution in [2.75, 3.05) is 27.7 Å². The van der Waals surface area contributed by atoms with Crippen LogP contribution in [-0.2, 0) is 9.53 Å². The standard InChI is InChI=1S/C12H26N2O2/c1-7-10(2)14(5)9-8-12(3,13-4)11(15)16-6/h10,13H,7-9H2,1-6H3. The Hall–Kier alpha value is -0.610. The van der Waals surface area contributed by atoms with E-state index < -0.39 is 5.54 Å². The van der Waals surface area contributed by atoms with Gasteiger partial charge >= 0.3 is 5.97 Å². The number of ether oxygens (including phenoxy) is 1. The molecule has 0 aromatic heterocycles. The lowest BCUT2D eigenvalue weighted by Crippen LogP contribution is -2.50. The zero-order valence-corrected chi connectivity index (χ0v) is 11.5. The molecule has 2 unspecified atom stereocenters. The molecule has 0 spiro atoms. The first-order chi connectivity index (χ1) is 7.41. The van der Waals surface area contributed by atoms with Gasteiger partial charge in [-0.05, 0) is 40.8 Å². The predicted octanol–water partition coefficient (Wildman–Crippen LogP) is 1.26. The summed E-state index contributed by atoms with van der Waals surface area (Å²) in [6.45, 7) is 7.11. The van der Waals surface area contributed by atoms with Gasteiger partial charge in [-0.2, -0.15) is 0 Å². The molecule has 0 saturated heterocycles. The molecule has 0 amide bonds. The second kappa shape index (κ2) is 6.86. The first-order valence-electron chi connectivity index (χ1n) is 5.88. The Bertz CT molecular complexity index is 221. The van der Waals surface area contributed by atoms with Crippen LogP contribution in [0.2, 0.25) is 0 Å². The van der Waals surface area contributed by atoms with Crippen LogP contribution in [0.5, 0.6) is 0 Å². The van der Waals surface area contributed by atoms with E-state index in [-0.39, 0.29) is 5.97 Å². The number of rotatable bonds is 7. The number of nitrogens with one attached hydrogen (secondary N) is 1. The van der Waals surface area contributed by atoms with Crippen molar-refractivity contribution in [1.82, 2.24) is 10.2 Å². The van der Waals surface area contributed by atoms with Gasteiger partial charge in [0.2, 0.25) is 0 Å². The molecule has 96 valence electrons. The Labute approximate surface area is 99.3 Å². The van der Waals surface area contributed by atoms with Crippen molar-refractivity contribution in [3.63, 3.8) is 0 Å². The molecule has 2 atom stereocenters. The minimum absolute atomic E-state index is 0.201. The Balaban J connectivity index is 4.29. The highest BCUT2D eigenvalue weighted by Gasteiger charge is 2.32. The van der Waals surface area contributed by atoms with Crippen molar-refractivity contribution in [1.29, 1.82) is 0 Å². The zero-order chi connectivity index (χ0) is 12.8. The summed E-state index contributed by atoms with van der Waals surface area (Å²) in [6, 6.07) is 0.541. The van der Waals surface area contributed by atoms with E-state index in [4.69, 9.17) is 4.74 Å². The van der Waals surface area contributed by atoms with Gasteiger partial charge in [0.1, 0.15) is 5.54 Å². The molecule has 0 aliphatic rings. The van der Waals surface area contributed by atoms with Gasteiger partial charge in [-0.25, -0.2) is 0 Å². The summed E-state index contributed by atoms with van der Waals surface area (Å²) in [5.41, 5.74) is -0.587. The summed E-state index contributed by atoms with van der Waals surface area (Å²) < 4.78 is 4.81. The highest BCUT2D eigenvalue weighted by molar-refractivity contribution is 5.80. The molecule has 0 aliphatic heterocycles. The summed E-state index contributed by atoms with van der Waals surface area (Å²) in [5, 5.41) is 3.04. The van der Waals surface area contributed by atoms with Crippen LogP contribution in [0.4, 0.5) is 0 Å². The number of hydrogen-bond acceptors (Lipinski definition) is 4. The zero-order valence-electron chi connectivity index (χ0n) is 11.5. The van der Waals surface area contributed by atoms with Gasteiger partial charge in [-0.15, -0.1) is 0 Å². The Morgan fingerprint density at radius 2 is 2.12 bits per heavy atom. The van der Waals surface area contributed by atoms with E-state index in [9.17, 15) is 4.79 Å². The molecule has 0 aromatic carbocycles. The summed E-state index contributed by atoms with van der Waals surface area (Å²) in [6.07, 6.45) is 1.86. The van der Waals surface area contributed by atoms with Crippen molar-refractivity contribution in [3.05, 3.63) is 0 Å². The fourth-order valence-electron chi connectivity index (χ4n) is 1.49. The molecular weight excluding hydrogens is 204 g/mol. The van der Waals surface area contributed by atoms with E-state index >= 15 is 0 Å². The Morgan fingerprint density at radius 3 is 2.50 bits per heavy atom. The van der Waals surface area contributed by atoms with Gasteiger partial charge in [-0.3, -0.25) is 4.79 Å². The molecule has 0 bridgehead atoms. The van der Waals surface area contributed by atoms with Crippen molar-refractivity contribution in [3.8, 4) is 0 Å². The third-order valence-corrected chi connectivity index (χ3v) is 3.50. The second-order valence-electron chi connectivity index (χ2n) is 4.56. The largest absolute Gasteiger partial charge is 0.468 e. The molecule has 0 radical (unpaired) electrons. The number of likely N-dealkylation sites (N-methyl/N-ethyl adjacent to an activating group) is 1. The van der Waals surface area contributed by atoms with Gasteiger partial charge < -0.3 is 15.0 Å². The number of hydrogen-bond donors (Lipinski definition) is 1. The molecule has 1 N–H and O–H groups in total. The number of carbonyl (C=O) groups excluding carboxylic acids is 1. The van der Waals surface area contributed by atoms with Crippen LogP contribution in [-0.4, -0.2) is 50.2 Å². The van der Waals surface area contributed by atoms with Gasteiger partial charge in [0.15, 0.2) is 0 Å². The molecule has 4 heteroatoms. The maximum absolute atomic E-state index is 11.6. The van der Waals surface area contributed by atoms with E-state index in [1.165, 1.54) is 7.11 Å². The summed E-state index contributed by atoms with van der Waals surface area (Å²) >= 11 is 0. The molecule has 0 saturated carbocycles. The normalized spacial score (nSPS) is 16.9. The second-order valence-corrected chi connectivity index (χ2v) is 4.56. The average molecular weight is 230 g/mol. The van der Waals surface area contributed by atoms with Crippen LogP contribution in [0, 0.1) is 0 Å². The molecule has 16 heavy (non-hydrogen) atoms. The summed E-state index contributed by atoms with van der Waals surface area (Å²) in [4.78, 5) is 13.9. The lowest BCUT2D eigenvalue weighted by molar-refractivity contribution is -0.148. The molecule has 4 nitrogen and oxygen atoms in total. The Morgan fingerprint density at radius 1 is 1.56 bits per heavy atom. The quantitative estimate of drug-likeness (QED) is 0.669. The van der Waals surface area contributed by atoms with E-state index in [1.807, 2.05) is 6.92 Å². The summed E-state index contributed by atoms with van der Waals surface area (Å²) in [7, 11) is 5.30. The third-order valence-electron chi connectivity index (χ3n) is 3.50. The van der Waals surface area contributed by atoms with E-state index in [2.05, 4.69) is 31.1 Å². The number of methoxy groups -OCH3 is 1. The minimum Gasteiger partial charge on any atom is -0.468 e. The topological polar surface area (TPSA) is 41.6 Å². The van der Waals surface area contributed by atoms with Crippen molar-refractivity contribution >= 4 is 5.97 Å². The van der Waals surface area contributed by atoms with E-state index in [0.29, 0.717) is 6.04 Å². The predicted molar refractivity (Wildman–Crippen MR) is 66.5 cm³/mol. The number of carbonyl (C=O) groups is 1. The van der Waals surface area contributed by atoms with Crippen LogP contribution in [0.1, 0.15) is 33.6 Å². The van der Waals surface area contributed by atoms with Gasteiger partial charge in [0.05, 0.1) is 7.11 Å². The summed E-state index contributed by atoms with van der Waals surface area (Å²) in [5.74, 6) is -0.201. The van der Waals surface area contributed by atoms with Crippen LogP contribution >= 0.6 is 0 Å². The number of esters is 1. The smallest absolute Gasteiger partial charge is 0.325 e. The van der Waals surface area contributed by atoms with Gasteiger partial charge in [-0.1, -0.05) is 6.92 Å². The molecule has 0 aliphatic carbocycles. The third kappa shape index (κ3) is 4.10. The van der Waals surface area contributed by atoms with Gasteiger partial charge in [0.25, 0.3) is 0 Å². The van der Waals surface area contributed by atoms with Crippen molar-refractivity contribution < 1.29 is 9.53 Å². The highest BCUT2D eigenvalue weighted by Crippen LogP contribution is 2.13. The van der Waals surface area contributed by atoms with E-state index in [0.717, 1.165) is 19.4 Å². The van der Waals surface area contributed by atoms with Crippen LogP contribution in [0.3, 0.4) is 0 Å². The fourth-order valence-corrected chi connectivity index (χ4v) is 1.49. The molecule has 0 aromatic rings. The monoisotopic (exact) mass is 230 g/mol. The Kier molecular flexibility index (Phi) is 6.60. The minimum atomic E-state index is -0.587. The van der Waals surface area contributed by atoms with Crippen LogP contribution in [0.25, 0.3) is 0 Å². The first-order valence-corrected chi connectivity index (χ1v) is 5.88. The fraction of sp³-hybridized carbons (Fsp3) is 0.917. The molecule has 0 rings (SSSR count). The molecule has 0 fully saturated rings. The SMILES string of the molecule is CCC(C)N(C)CCC(C)(NC)C(=O)OC. The lowest BCUT2D eigenvalue weighted by atomic mass is 9.97. The average Bonchev–Trinajstić information content (AvgIpc) is 2.33. The van der Waals surface area contributed by atoms with Crippen LogP contribution in [0.15, 0.2) is 0 Å². The first kappa shape index (κ1) is 15.4. The highest BCUT2D eigenvalue weighted by atomic mass is 16.5. The lowest BCUT2D eigenvalue weighted by Gasteiger charge is -2.30. The van der Waals surface area contributed by atoms with Crippen molar-refractivity contribution in [2.24, 2.45) is 0 Å². The molecule has 0 heterocycles. The maximum Gasteiger partial charge on any atom is 0.325 e. The van der Waals surface area contributed by atoms with Crippen LogP contribution < -0.4 is 5.32 Å².